The summed E-state index contributed by atoms with van der Waals surface area (Å²) >= 11 is 0. The highest BCUT2D eigenvalue weighted by atomic mass is 16.5. The van der Waals surface area contributed by atoms with Gasteiger partial charge in [0.1, 0.15) is 6.61 Å². The summed E-state index contributed by atoms with van der Waals surface area (Å²) in [6.07, 6.45) is 3.71. The van der Waals surface area contributed by atoms with Crippen molar-refractivity contribution in [3.05, 3.63) is 77.9 Å². The number of carboxylic acid groups (broad SMARTS) is 1. The topological polar surface area (TPSA) is 93.5 Å². The lowest BCUT2D eigenvalue weighted by atomic mass is 9.98. The first-order valence-electron chi connectivity index (χ1n) is 10.9. The molecule has 1 amide bonds. The van der Waals surface area contributed by atoms with E-state index in [9.17, 15) is 9.59 Å². The maximum atomic E-state index is 12.7. The molecule has 0 saturated carbocycles. The van der Waals surface area contributed by atoms with Crippen LogP contribution in [-0.4, -0.2) is 39.4 Å². The van der Waals surface area contributed by atoms with Crippen LogP contribution in [0.1, 0.15) is 42.5 Å². The van der Waals surface area contributed by atoms with E-state index in [1.165, 1.54) is 11.1 Å². The maximum absolute atomic E-state index is 12.7. The second-order valence-corrected chi connectivity index (χ2v) is 7.97. The van der Waals surface area contributed by atoms with Gasteiger partial charge in [-0.3, -0.25) is 4.79 Å². The Morgan fingerprint density at radius 2 is 1.78 bits per heavy atom. The number of carbonyl (C=O) groups excluding carboxylic acids is 1. The van der Waals surface area contributed by atoms with Gasteiger partial charge in [0.2, 0.25) is 0 Å². The Balaban J connectivity index is 1.42. The Labute approximate surface area is 187 Å². The van der Waals surface area contributed by atoms with E-state index in [4.69, 9.17) is 9.84 Å². The van der Waals surface area contributed by atoms with E-state index in [1.807, 2.05) is 35.8 Å². The number of nitrogens with zero attached hydrogens (tertiary/aromatic N) is 2. The fraction of sp³-hybridized carbons (Fsp3) is 0.320. The standard InChI is InChI=1S/C25H27N3O4/c1-2-28-16-26-14-18(28)13-17(11-12-24(29)30)27-25(31)32-15-23-21-9-5-3-7-19(21)20-8-4-6-10-22(20)23/h3-10,14,16-17,23H,2,11-13,15H2,1H3,(H,27,31)(H,29,30). The SMILES string of the molecule is CCn1cncc1CC(CCC(=O)O)NC(=O)OCC1c2ccccc2-c2ccccc21. The number of hydrogen-bond acceptors (Lipinski definition) is 4. The summed E-state index contributed by atoms with van der Waals surface area (Å²) in [7, 11) is 0. The molecule has 1 aliphatic carbocycles. The molecular formula is C25H27N3O4. The smallest absolute Gasteiger partial charge is 0.407 e. The molecule has 1 heterocycles. The van der Waals surface area contributed by atoms with Crippen molar-refractivity contribution in [2.45, 2.75) is 44.7 Å². The second-order valence-electron chi connectivity index (χ2n) is 7.97. The van der Waals surface area contributed by atoms with Gasteiger partial charge < -0.3 is 19.7 Å². The van der Waals surface area contributed by atoms with Gasteiger partial charge in [0.25, 0.3) is 0 Å². The molecule has 0 radical (unpaired) electrons. The second kappa shape index (κ2) is 9.68. The van der Waals surface area contributed by atoms with Gasteiger partial charge in [0.15, 0.2) is 0 Å². The van der Waals surface area contributed by atoms with Crippen molar-refractivity contribution in [3.8, 4) is 11.1 Å². The fourth-order valence-electron chi connectivity index (χ4n) is 4.39. The average Bonchev–Trinajstić information content (AvgIpc) is 3.38. The average molecular weight is 434 g/mol. The largest absolute Gasteiger partial charge is 0.481 e. The van der Waals surface area contributed by atoms with Gasteiger partial charge in [-0.05, 0) is 35.6 Å². The van der Waals surface area contributed by atoms with Crippen LogP contribution in [0.2, 0.25) is 0 Å². The van der Waals surface area contributed by atoms with Gasteiger partial charge in [0.05, 0.1) is 6.33 Å². The number of aromatic nitrogens is 2. The Hall–Kier alpha value is -3.61. The van der Waals surface area contributed by atoms with Gasteiger partial charge >= 0.3 is 12.1 Å². The molecule has 0 bridgehead atoms. The number of nitrogens with one attached hydrogen (secondary N) is 1. The Bertz CT molecular complexity index is 1060. The van der Waals surface area contributed by atoms with Crippen molar-refractivity contribution in [1.82, 2.24) is 14.9 Å². The molecule has 1 atom stereocenters. The number of rotatable bonds is 9. The molecule has 0 spiro atoms. The molecule has 32 heavy (non-hydrogen) atoms. The highest BCUT2D eigenvalue weighted by molar-refractivity contribution is 5.79. The Morgan fingerprint density at radius 1 is 1.12 bits per heavy atom. The molecule has 1 aromatic heterocycles. The van der Waals surface area contributed by atoms with E-state index in [0.29, 0.717) is 12.8 Å². The molecule has 166 valence electrons. The number of hydrogen-bond donors (Lipinski definition) is 2. The van der Waals surface area contributed by atoms with Crippen molar-refractivity contribution in [1.29, 1.82) is 0 Å². The normalized spacial score (nSPS) is 13.3. The van der Waals surface area contributed by atoms with E-state index < -0.39 is 12.1 Å². The number of fused-ring (bicyclic) bond motifs is 3. The predicted molar refractivity (Wildman–Crippen MR) is 120 cm³/mol. The molecule has 4 rings (SSSR count). The Morgan fingerprint density at radius 3 is 2.41 bits per heavy atom. The number of aliphatic carboxylic acids is 1. The predicted octanol–water partition coefficient (Wildman–Crippen LogP) is 4.22. The number of carbonyl (C=O) groups is 2. The fourth-order valence-corrected chi connectivity index (χ4v) is 4.39. The number of imidazole rings is 1. The third-order valence-corrected chi connectivity index (χ3v) is 5.97. The van der Waals surface area contributed by atoms with E-state index in [2.05, 4.69) is 34.6 Å². The van der Waals surface area contributed by atoms with Crippen molar-refractivity contribution in [2.75, 3.05) is 6.61 Å². The zero-order valence-corrected chi connectivity index (χ0v) is 18.0. The van der Waals surface area contributed by atoms with Crippen molar-refractivity contribution < 1.29 is 19.4 Å². The van der Waals surface area contributed by atoms with Crippen molar-refractivity contribution in [2.24, 2.45) is 0 Å². The number of amides is 1. The number of alkyl carbamates (subject to hydrolysis) is 1. The summed E-state index contributed by atoms with van der Waals surface area (Å²) in [6.45, 7) is 2.99. The van der Waals surface area contributed by atoms with Gasteiger partial charge in [-0.25, -0.2) is 9.78 Å². The van der Waals surface area contributed by atoms with Crippen molar-refractivity contribution >= 4 is 12.1 Å². The quantitative estimate of drug-likeness (QED) is 0.527. The molecule has 2 N–H and O–H groups in total. The van der Waals surface area contributed by atoms with Crippen LogP contribution in [0.5, 0.6) is 0 Å². The Kier molecular flexibility index (Phi) is 6.54. The highest BCUT2D eigenvalue weighted by Crippen LogP contribution is 2.44. The number of ether oxygens (including phenoxy) is 1. The van der Waals surface area contributed by atoms with E-state index in [1.54, 1.807) is 12.5 Å². The summed E-state index contributed by atoms with van der Waals surface area (Å²) in [5.74, 6) is -0.916. The number of benzene rings is 2. The molecule has 0 fully saturated rings. The van der Waals surface area contributed by atoms with Gasteiger partial charge in [0, 0.05) is 43.2 Å². The molecule has 0 aliphatic heterocycles. The summed E-state index contributed by atoms with van der Waals surface area (Å²) in [6, 6.07) is 16.0. The lowest BCUT2D eigenvalue weighted by Crippen LogP contribution is -2.38. The highest BCUT2D eigenvalue weighted by Gasteiger charge is 2.29. The van der Waals surface area contributed by atoms with Gasteiger partial charge in [-0.2, -0.15) is 0 Å². The third kappa shape index (κ3) is 4.66. The first-order valence-corrected chi connectivity index (χ1v) is 10.9. The molecule has 2 aromatic carbocycles. The minimum absolute atomic E-state index is 0.0212. The lowest BCUT2D eigenvalue weighted by Gasteiger charge is -2.20. The molecule has 1 aliphatic rings. The minimum atomic E-state index is -0.895. The van der Waals surface area contributed by atoms with Crippen molar-refractivity contribution in [3.63, 3.8) is 0 Å². The summed E-state index contributed by atoms with van der Waals surface area (Å²) in [4.78, 5) is 27.9. The van der Waals surface area contributed by atoms with Crippen LogP contribution in [0.25, 0.3) is 11.1 Å². The maximum Gasteiger partial charge on any atom is 0.407 e. The first-order chi connectivity index (χ1) is 15.6. The van der Waals surface area contributed by atoms with Crippen LogP contribution >= 0.6 is 0 Å². The van der Waals surface area contributed by atoms with Crippen LogP contribution < -0.4 is 5.32 Å². The van der Waals surface area contributed by atoms with Crippen LogP contribution in [0, 0.1) is 0 Å². The minimum Gasteiger partial charge on any atom is -0.481 e. The number of aryl methyl sites for hydroxylation is 1. The third-order valence-electron chi connectivity index (χ3n) is 5.97. The van der Waals surface area contributed by atoms with E-state index in [-0.39, 0.29) is 25.0 Å². The molecule has 7 heteroatoms. The summed E-state index contributed by atoms with van der Waals surface area (Å²) in [5.41, 5.74) is 5.59. The number of carboxylic acids is 1. The van der Waals surface area contributed by atoms with Gasteiger partial charge in [-0.15, -0.1) is 0 Å². The molecule has 0 saturated heterocycles. The van der Waals surface area contributed by atoms with Crippen LogP contribution in [0.4, 0.5) is 4.79 Å². The van der Waals surface area contributed by atoms with E-state index in [0.717, 1.165) is 23.4 Å². The first kappa shape index (κ1) is 21.6. The summed E-state index contributed by atoms with van der Waals surface area (Å²) in [5, 5.41) is 12.0. The van der Waals surface area contributed by atoms with Gasteiger partial charge in [-0.1, -0.05) is 48.5 Å². The zero-order valence-electron chi connectivity index (χ0n) is 18.0. The molecular weight excluding hydrogens is 406 g/mol. The van der Waals surface area contributed by atoms with Crippen LogP contribution in [-0.2, 0) is 22.5 Å². The molecule has 1 unspecified atom stereocenters. The monoisotopic (exact) mass is 433 g/mol. The summed E-state index contributed by atoms with van der Waals surface area (Å²) < 4.78 is 7.61. The van der Waals surface area contributed by atoms with E-state index >= 15 is 0 Å². The molecule has 7 nitrogen and oxygen atoms in total. The van der Waals surface area contributed by atoms with Crippen LogP contribution in [0.15, 0.2) is 61.1 Å². The molecule has 3 aromatic rings. The van der Waals surface area contributed by atoms with Crippen LogP contribution in [0.3, 0.4) is 0 Å². The lowest BCUT2D eigenvalue weighted by molar-refractivity contribution is -0.137. The zero-order chi connectivity index (χ0) is 22.5.